The number of benzene rings is 2. The first-order valence-corrected chi connectivity index (χ1v) is 8.64. The second kappa shape index (κ2) is 7.25. The molecule has 0 saturated carbocycles. The summed E-state index contributed by atoms with van der Waals surface area (Å²) in [6.07, 6.45) is 2.47. The van der Waals surface area contributed by atoms with Gasteiger partial charge in [0.15, 0.2) is 9.84 Å². The number of hydrogen-bond acceptors (Lipinski definition) is 2. The third kappa shape index (κ3) is 4.82. The van der Waals surface area contributed by atoms with Crippen LogP contribution in [-0.4, -0.2) is 14.7 Å². The Kier molecular flexibility index (Phi) is 5.96. The summed E-state index contributed by atoms with van der Waals surface area (Å²) in [6.45, 7) is 6.29. The van der Waals surface area contributed by atoms with Crippen molar-refractivity contribution in [2.75, 3.05) is 6.26 Å². The van der Waals surface area contributed by atoms with Crippen molar-refractivity contribution < 1.29 is 8.42 Å². The Bertz CT molecular complexity index is 641. The van der Waals surface area contributed by atoms with Crippen LogP contribution in [0.5, 0.6) is 0 Å². The van der Waals surface area contributed by atoms with Crippen LogP contribution in [0.25, 0.3) is 11.1 Å². The number of rotatable bonds is 2. The Balaban J connectivity index is 0.000000612. The zero-order chi connectivity index (χ0) is 15.2. The van der Waals surface area contributed by atoms with Crippen LogP contribution in [0.2, 0.25) is 0 Å². The Hall–Kier alpha value is -1.61. The molecule has 2 aromatic carbocycles. The summed E-state index contributed by atoms with van der Waals surface area (Å²) >= 11 is 0. The standard InChI is InChI=1S/C14H14O2S.C3H8/c1-11-4-3-5-13(10-11)12-6-8-14(9-7-12)17(2,15)16;1-3-2/h3-10H,1-2H3;3H2,1-2H3. The normalized spacial score (nSPS) is 10.6. The first-order valence-electron chi connectivity index (χ1n) is 6.75. The topological polar surface area (TPSA) is 34.1 Å². The van der Waals surface area contributed by atoms with Crippen molar-refractivity contribution in [1.29, 1.82) is 0 Å². The summed E-state index contributed by atoms with van der Waals surface area (Å²) in [5, 5.41) is 0. The Morgan fingerprint density at radius 1 is 0.900 bits per heavy atom. The van der Waals surface area contributed by atoms with E-state index in [1.165, 1.54) is 18.2 Å². The predicted molar refractivity (Wildman–Crippen MR) is 85.7 cm³/mol. The molecule has 2 aromatic rings. The average molecular weight is 290 g/mol. The predicted octanol–water partition coefficient (Wildman–Crippen LogP) is 4.48. The molecule has 0 unspecified atom stereocenters. The van der Waals surface area contributed by atoms with E-state index < -0.39 is 9.84 Å². The lowest BCUT2D eigenvalue weighted by atomic mass is 10.0. The molecule has 0 atom stereocenters. The Labute approximate surface area is 122 Å². The Morgan fingerprint density at radius 2 is 1.45 bits per heavy atom. The van der Waals surface area contributed by atoms with Crippen molar-refractivity contribution >= 4 is 9.84 Å². The van der Waals surface area contributed by atoms with Gasteiger partial charge in [0, 0.05) is 6.26 Å². The molecule has 0 aliphatic rings. The van der Waals surface area contributed by atoms with Gasteiger partial charge in [-0.25, -0.2) is 8.42 Å². The fraction of sp³-hybridized carbons (Fsp3) is 0.294. The van der Waals surface area contributed by atoms with Gasteiger partial charge in [-0.15, -0.1) is 0 Å². The van der Waals surface area contributed by atoms with Gasteiger partial charge in [0.1, 0.15) is 0 Å². The van der Waals surface area contributed by atoms with Gasteiger partial charge in [0.05, 0.1) is 4.90 Å². The van der Waals surface area contributed by atoms with E-state index in [9.17, 15) is 8.42 Å². The molecule has 0 aliphatic heterocycles. The molecule has 0 saturated heterocycles. The van der Waals surface area contributed by atoms with E-state index in [1.807, 2.05) is 37.3 Å². The summed E-state index contributed by atoms with van der Waals surface area (Å²) in [6, 6.07) is 15.1. The Morgan fingerprint density at radius 3 is 1.90 bits per heavy atom. The quantitative estimate of drug-likeness (QED) is 0.817. The molecule has 0 N–H and O–H groups in total. The van der Waals surface area contributed by atoms with Gasteiger partial charge in [-0.05, 0) is 30.2 Å². The molecular weight excluding hydrogens is 268 g/mol. The van der Waals surface area contributed by atoms with Crippen LogP contribution in [0.1, 0.15) is 25.8 Å². The van der Waals surface area contributed by atoms with E-state index in [4.69, 9.17) is 0 Å². The molecule has 0 heterocycles. The fourth-order valence-electron chi connectivity index (χ4n) is 1.72. The minimum atomic E-state index is -3.11. The smallest absolute Gasteiger partial charge is 0.175 e. The zero-order valence-electron chi connectivity index (χ0n) is 12.6. The van der Waals surface area contributed by atoms with Crippen LogP contribution in [0, 0.1) is 6.92 Å². The van der Waals surface area contributed by atoms with Crippen LogP contribution in [-0.2, 0) is 9.84 Å². The van der Waals surface area contributed by atoms with E-state index in [0.29, 0.717) is 4.90 Å². The second-order valence-corrected chi connectivity index (χ2v) is 6.89. The third-order valence-corrected chi connectivity index (χ3v) is 3.76. The number of hydrogen-bond donors (Lipinski definition) is 0. The molecule has 2 rings (SSSR count). The van der Waals surface area contributed by atoms with Crippen molar-refractivity contribution in [3.8, 4) is 11.1 Å². The molecule has 20 heavy (non-hydrogen) atoms. The maximum atomic E-state index is 11.3. The largest absolute Gasteiger partial charge is 0.224 e. The van der Waals surface area contributed by atoms with Crippen molar-refractivity contribution in [2.45, 2.75) is 32.1 Å². The molecule has 3 heteroatoms. The highest BCUT2D eigenvalue weighted by atomic mass is 32.2. The summed E-state index contributed by atoms with van der Waals surface area (Å²) < 4.78 is 22.7. The van der Waals surface area contributed by atoms with E-state index in [-0.39, 0.29) is 0 Å². The summed E-state index contributed by atoms with van der Waals surface area (Å²) in [7, 11) is -3.11. The average Bonchev–Trinajstić information content (AvgIpc) is 2.39. The third-order valence-electron chi connectivity index (χ3n) is 2.63. The minimum Gasteiger partial charge on any atom is -0.224 e. The molecule has 0 spiro atoms. The van der Waals surface area contributed by atoms with Crippen LogP contribution in [0.3, 0.4) is 0 Å². The fourth-order valence-corrected chi connectivity index (χ4v) is 2.35. The molecule has 0 radical (unpaired) electrons. The molecular formula is C17H22O2S. The first-order chi connectivity index (χ1) is 9.38. The van der Waals surface area contributed by atoms with Gasteiger partial charge in [0.2, 0.25) is 0 Å². The highest BCUT2D eigenvalue weighted by molar-refractivity contribution is 7.90. The lowest BCUT2D eigenvalue weighted by Crippen LogP contribution is -1.96. The van der Waals surface area contributed by atoms with Crippen LogP contribution in [0.15, 0.2) is 53.4 Å². The molecule has 0 aliphatic carbocycles. The first kappa shape index (κ1) is 16.4. The van der Waals surface area contributed by atoms with Gasteiger partial charge >= 0.3 is 0 Å². The summed E-state index contributed by atoms with van der Waals surface area (Å²) in [4.78, 5) is 0.355. The molecule has 2 nitrogen and oxygen atoms in total. The zero-order valence-corrected chi connectivity index (χ0v) is 13.4. The SMILES string of the molecule is CCC.Cc1cccc(-c2ccc(S(C)(=O)=O)cc2)c1. The summed E-state index contributed by atoms with van der Waals surface area (Å²) in [5.74, 6) is 0. The van der Waals surface area contributed by atoms with E-state index >= 15 is 0 Å². The van der Waals surface area contributed by atoms with Crippen LogP contribution < -0.4 is 0 Å². The highest BCUT2D eigenvalue weighted by Crippen LogP contribution is 2.22. The maximum absolute atomic E-state index is 11.3. The van der Waals surface area contributed by atoms with Crippen molar-refractivity contribution in [1.82, 2.24) is 0 Å². The van der Waals surface area contributed by atoms with Gasteiger partial charge in [-0.3, -0.25) is 0 Å². The van der Waals surface area contributed by atoms with Crippen molar-refractivity contribution in [3.63, 3.8) is 0 Å². The van der Waals surface area contributed by atoms with Crippen molar-refractivity contribution in [2.24, 2.45) is 0 Å². The molecule has 0 bridgehead atoms. The van der Waals surface area contributed by atoms with E-state index in [1.54, 1.807) is 12.1 Å². The van der Waals surface area contributed by atoms with Gasteiger partial charge in [-0.1, -0.05) is 62.2 Å². The van der Waals surface area contributed by atoms with Crippen LogP contribution in [0.4, 0.5) is 0 Å². The number of sulfone groups is 1. The van der Waals surface area contributed by atoms with E-state index in [0.717, 1.165) is 11.1 Å². The van der Waals surface area contributed by atoms with Crippen LogP contribution >= 0.6 is 0 Å². The lowest BCUT2D eigenvalue weighted by molar-refractivity contribution is 0.602. The second-order valence-electron chi connectivity index (χ2n) is 4.87. The lowest BCUT2D eigenvalue weighted by Gasteiger charge is -2.04. The monoisotopic (exact) mass is 290 g/mol. The molecule has 0 aromatic heterocycles. The van der Waals surface area contributed by atoms with Gasteiger partial charge < -0.3 is 0 Å². The van der Waals surface area contributed by atoms with Crippen molar-refractivity contribution in [3.05, 3.63) is 54.1 Å². The van der Waals surface area contributed by atoms with E-state index in [2.05, 4.69) is 19.9 Å². The highest BCUT2D eigenvalue weighted by Gasteiger charge is 2.06. The molecule has 0 amide bonds. The van der Waals surface area contributed by atoms with Gasteiger partial charge in [0.25, 0.3) is 0 Å². The molecule has 0 fully saturated rings. The summed E-state index contributed by atoms with van der Waals surface area (Å²) in [5.41, 5.74) is 3.32. The van der Waals surface area contributed by atoms with Gasteiger partial charge in [-0.2, -0.15) is 0 Å². The minimum absolute atomic E-state index is 0.355. The molecule has 108 valence electrons. The number of aryl methyl sites for hydroxylation is 1. The maximum Gasteiger partial charge on any atom is 0.175 e.